The molecule has 0 spiro atoms. The van der Waals surface area contributed by atoms with E-state index in [1.807, 2.05) is 27.7 Å². The van der Waals surface area contributed by atoms with Crippen molar-refractivity contribution in [1.82, 2.24) is 4.98 Å². The maximum atomic E-state index is 13.3. The number of aliphatic hydroxyl groups is 2. The minimum absolute atomic E-state index is 0.0628. The molecule has 1 heterocycles. The minimum Gasteiger partial charge on any atom is -0.396 e. The molecule has 1 aromatic carbocycles. The normalized spacial score (nSPS) is 13.8. The minimum atomic E-state index is -3.64. The van der Waals surface area contributed by atoms with E-state index < -0.39 is 21.4 Å². The Bertz CT molecular complexity index is 1170. The molecule has 4 N–H and O–H groups in total. The number of nitrogens with zero attached hydrogens (tertiary/aromatic N) is 3. The van der Waals surface area contributed by atoms with Crippen molar-refractivity contribution < 1.29 is 19.2 Å². The summed E-state index contributed by atoms with van der Waals surface area (Å²) in [5.74, 6) is -0.523. The van der Waals surface area contributed by atoms with Gasteiger partial charge >= 0.3 is 0 Å². The number of carbonyl (C=O) groups excluding carboxylic acids is 1. The van der Waals surface area contributed by atoms with Crippen LogP contribution in [0.3, 0.4) is 0 Å². The third kappa shape index (κ3) is 6.46. The number of hydrogen-bond donors (Lipinski definition) is 3. The first kappa shape index (κ1) is 27.1. The van der Waals surface area contributed by atoms with Crippen LogP contribution in [0, 0.1) is 11.3 Å². The van der Waals surface area contributed by atoms with Gasteiger partial charge < -0.3 is 10.2 Å². The molecule has 180 valence electrons. The highest BCUT2D eigenvalue weighted by molar-refractivity contribution is 7.93. The van der Waals surface area contributed by atoms with E-state index in [0.29, 0.717) is 5.56 Å². The molecule has 0 aliphatic heterocycles. The molecular weight excluding hydrogens is 460 g/mol. The highest BCUT2D eigenvalue weighted by atomic mass is 32.2. The molecule has 33 heavy (non-hydrogen) atoms. The molecule has 0 aliphatic carbocycles. The lowest BCUT2D eigenvalue weighted by Gasteiger charge is -2.19. The van der Waals surface area contributed by atoms with Gasteiger partial charge in [-0.25, -0.2) is 14.3 Å². The van der Waals surface area contributed by atoms with Gasteiger partial charge in [0.25, 0.3) is 5.91 Å². The van der Waals surface area contributed by atoms with Crippen molar-refractivity contribution in [2.75, 3.05) is 6.61 Å². The number of aromatic nitrogens is 1. The molecule has 8 nitrogen and oxygen atoms in total. The Kier molecular flexibility index (Phi) is 8.54. The zero-order valence-corrected chi connectivity index (χ0v) is 21.5. The summed E-state index contributed by atoms with van der Waals surface area (Å²) in [4.78, 5) is 17.2. The van der Waals surface area contributed by atoms with Gasteiger partial charge in [0.05, 0.1) is 23.7 Å². The Balaban J connectivity index is 2.57. The lowest BCUT2D eigenvalue weighted by molar-refractivity contribution is -0.117. The monoisotopic (exact) mass is 492 g/mol. The van der Waals surface area contributed by atoms with Crippen molar-refractivity contribution in [3.8, 4) is 6.07 Å². The van der Waals surface area contributed by atoms with Crippen LogP contribution < -0.4 is 5.14 Å². The zero-order chi connectivity index (χ0) is 25.1. The van der Waals surface area contributed by atoms with E-state index >= 15 is 0 Å². The first-order valence-corrected chi connectivity index (χ1v) is 13.1. The van der Waals surface area contributed by atoms with Gasteiger partial charge in [-0.2, -0.15) is 5.26 Å². The van der Waals surface area contributed by atoms with Gasteiger partial charge in [-0.3, -0.25) is 4.79 Å². The van der Waals surface area contributed by atoms with Crippen LogP contribution in [0.1, 0.15) is 86.3 Å². The van der Waals surface area contributed by atoms with Crippen molar-refractivity contribution in [3.05, 3.63) is 45.1 Å². The Morgan fingerprint density at radius 1 is 1.27 bits per heavy atom. The third-order valence-electron chi connectivity index (χ3n) is 5.06. The van der Waals surface area contributed by atoms with Crippen LogP contribution in [-0.4, -0.2) is 31.9 Å². The fourth-order valence-electron chi connectivity index (χ4n) is 3.48. The summed E-state index contributed by atoms with van der Waals surface area (Å²) in [5.41, 5.74) is 1.98. The van der Waals surface area contributed by atoms with E-state index in [9.17, 15) is 24.5 Å². The summed E-state index contributed by atoms with van der Waals surface area (Å²) in [7, 11) is -3.64. The summed E-state index contributed by atoms with van der Waals surface area (Å²) in [6.45, 7) is 10.7. The topological polar surface area (TPSA) is 150 Å². The van der Waals surface area contributed by atoms with Crippen LogP contribution >= 0.6 is 11.3 Å². The van der Waals surface area contributed by atoms with E-state index in [0.717, 1.165) is 28.0 Å². The number of hydrogen-bond acceptors (Lipinski definition) is 7. The molecule has 0 unspecified atom stereocenters. The lowest BCUT2D eigenvalue weighted by Crippen LogP contribution is -2.17. The van der Waals surface area contributed by atoms with Crippen molar-refractivity contribution in [1.29, 1.82) is 5.26 Å². The number of amides is 1. The predicted octanol–water partition coefficient (Wildman–Crippen LogP) is 3.49. The maximum Gasteiger partial charge on any atom is 0.259 e. The number of nitriles is 1. The fourth-order valence-corrected chi connectivity index (χ4v) is 6.09. The fraction of sp³-hybridized carbons (Fsp3) is 0.522. The van der Waals surface area contributed by atoms with Gasteiger partial charge in [-0.15, -0.1) is 15.7 Å². The number of thiazole rings is 1. The van der Waals surface area contributed by atoms with E-state index in [1.165, 1.54) is 13.8 Å². The Morgan fingerprint density at radius 3 is 2.24 bits per heavy atom. The Hall–Kier alpha value is -2.16. The molecule has 0 fully saturated rings. The number of aliphatic hydroxyl groups excluding tert-OH is 1. The largest absolute Gasteiger partial charge is 0.396 e. The number of carbonyl (C=O) groups is 1. The van der Waals surface area contributed by atoms with E-state index in [-0.39, 0.29) is 46.2 Å². The molecule has 10 heteroatoms. The Morgan fingerprint density at radius 2 is 1.82 bits per heavy atom. The highest BCUT2D eigenvalue weighted by Gasteiger charge is 2.28. The van der Waals surface area contributed by atoms with Crippen LogP contribution in [0.25, 0.3) is 0 Å². The van der Waals surface area contributed by atoms with Gasteiger partial charge in [0.2, 0.25) is 0 Å². The molecule has 0 saturated heterocycles. The molecule has 2 rings (SSSR count). The SMILES string of the molecule is CC(C)c1cc(C#N)cc(C(C)C)c1CC(=O)N=[S@@](N)(=O)c1sc(C(C)(C)O)nc1CCO. The molecular formula is C23H32N4O4S2. The Labute approximate surface area is 199 Å². The molecule has 0 aliphatic rings. The van der Waals surface area contributed by atoms with Gasteiger partial charge in [0.1, 0.15) is 14.8 Å². The van der Waals surface area contributed by atoms with Crippen LogP contribution in [0.2, 0.25) is 0 Å². The van der Waals surface area contributed by atoms with E-state index in [2.05, 4.69) is 15.4 Å². The second-order valence-corrected chi connectivity index (χ2v) is 12.1. The molecule has 0 bridgehead atoms. The summed E-state index contributed by atoms with van der Waals surface area (Å²) < 4.78 is 17.3. The summed E-state index contributed by atoms with van der Waals surface area (Å²) in [6, 6.07) is 5.72. The van der Waals surface area contributed by atoms with Crippen LogP contribution in [0.4, 0.5) is 0 Å². The molecule has 1 aromatic heterocycles. The zero-order valence-electron chi connectivity index (χ0n) is 19.9. The molecule has 0 saturated carbocycles. The van der Waals surface area contributed by atoms with Crippen LogP contribution in [0.15, 0.2) is 20.7 Å². The third-order valence-corrected chi connectivity index (χ3v) is 8.47. The number of benzene rings is 1. The summed E-state index contributed by atoms with van der Waals surface area (Å²) in [5, 5.41) is 35.3. The van der Waals surface area contributed by atoms with Crippen molar-refractivity contribution in [2.24, 2.45) is 9.50 Å². The number of rotatable bonds is 8. The average molecular weight is 493 g/mol. The standard InChI is InChI=1S/C23H32N4O4S2/c1-13(2)16-9-15(12-24)10-17(14(3)4)18(16)11-20(29)27-33(25,31)21-19(7-8-28)26-22(32-21)23(5,6)30/h9-10,13-14,28,30H,7-8,11H2,1-6H3,(H2,25,27,29,31)/t33-/m1/s1. The van der Waals surface area contributed by atoms with Gasteiger partial charge in [0.15, 0.2) is 9.92 Å². The smallest absolute Gasteiger partial charge is 0.259 e. The second kappa shape index (κ2) is 10.4. The summed E-state index contributed by atoms with van der Waals surface area (Å²) in [6.07, 6.45) is -0.0299. The quantitative estimate of drug-likeness (QED) is 0.513. The summed E-state index contributed by atoms with van der Waals surface area (Å²) >= 11 is 0.928. The second-order valence-electron chi connectivity index (χ2n) is 9.07. The van der Waals surface area contributed by atoms with Gasteiger partial charge in [-0.05, 0) is 54.5 Å². The van der Waals surface area contributed by atoms with E-state index in [4.69, 9.17) is 5.14 Å². The van der Waals surface area contributed by atoms with Crippen LogP contribution in [0.5, 0.6) is 0 Å². The van der Waals surface area contributed by atoms with Crippen molar-refractivity contribution >= 4 is 27.2 Å². The average Bonchev–Trinajstić information content (AvgIpc) is 3.13. The highest BCUT2D eigenvalue weighted by Crippen LogP contribution is 2.33. The first-order valence-electron chi connectivity index (χ1n) is 10.7. The van der Waals surface area contributed by atoms with Gasteiger partial charge in [0, 0.05) is 13.0 Å². The van der Waals surface area contributed by atoms with E-state index in [1.54, 1.807) is 12.1 Å². The molecule has 0 radical (unpaired) electrons. The molecule has 1 amide bonds. The molecule has 1 atom stereocenters. The van der Waals surface area contributed by atoms with Gasteiger partial charge in [-0.1, -0.05) is 27.7 Å². The predicted molar refractivity (Wildman–Crippen MR) is 129 cm³/mol. The maximum absolute atomic E-state index is 13.3. The lowest BCUT2D eigenvalue weighted by atomic mass is 9.85. The first-order chi connectivity index (χ1) is 15.2. The molecule has 2 aromatic rings. The van der Waals surface area contributed by atoms with Crippen molar-refractivity contribution in [3.63, 3.8) is 0 Å². The van der Waals surface area contributed by atoms with Crippen molar-refractivity contribution in [2.45, 2.75) is 76.0 Å². The van der Waals surface area contributed by atoms with Crippen LogP contribution in [-0.2, 0) is 33.2 Å². The number of nitrogens with two attached hydrogens (primary N) is 1.